The van der Waals surface area contributed by atoms with Gasteiger partial charge in [0.05, 0.1) is 15.6 Å². The van der Waals surface area contributed by atoms with Crippen LogP contribution in [0, 0.1) is 6.92 Å². The molecule has 7 heteroatoms. The van der Waals surface area contributed by atoms with Crippen molar-refractivity contribution in [3.05, 3.63) is 56.7 Å². The fraction of sp³-hybridized carbons (Fsp3) is 0.222. The van der Waals surface area contributed by atoms with E-state index in [-0.39, 0.29) is 12.5 Å². The predicted octanol–water partition coefficient (Wildman–Crippen LogP) is 4.57. The fourth-order valence-corrected chi connectivity index (χ4v) is 3.96. The highest BCUT2D eigenvalue weighted by atomic mass is 35.5. The van der Waals surface area contributed by atoms with Gasteiger partial charge in [0.1, 0.15) is 5.75 Å². The van der Waals surface area contributed by atoms with E-state index in [0.29, 0.717) is 17.3 Å². The first-order valence-electron chi connectivity index (χ1n) is 7.76. The highest BCUT2D eigenvalue weighted by Gasteiger charge is 2.07. The quantitative estimate of drug-likeness (QED) is 0.640. The molecule has 0 saturated heterocycles. The number of hydrogen-bond acceptors (Lipinski definition) is 5. The van der Waals surface area contributed by atoms with Gasteiger partial charge in [-0.15, -0.1) is 22.7 Å². The molecule has 1 N–H and O–H groups in total. The molecule has 0 aliphatic rings. The standard InChI is InChI=1S/C18H17ClN2O2S2/c1-12-21-16(11-24-12)17-7-6-15(25-17)8-9-20-18(22)10-23-14-4-2-13(19)3-5-14/h2-7,11H,8-10H2,1H3,(H,20,22). The second-order valence-corrected chi connectivity index (χ2v) is 8.03. The normalized spacial score (nSPS) is 10.6. The molecular formula is C18H17ClN2O2S2. The number of thiazole rings is 1. The summed E-state index contributed by atoms with van der Waals surface area (Å²) in [6, 6.07) is 11.1. The van der Waals surface area contributed by atoms with Gasteiger partial charge < -0.3 is 10.1 Å². The minimum absolute atomic E-state index is 0.00454. The summed E-state index contributed by atoms with van der Waals surface area (Å²) in [4.78, 5) is 18.7. The molecule has 0 atom stereocenters. The number of amides is 1. The van der Waals surface area contributed by atoms with Gasteiger partial charge in [0.25, 0.3) is 5.91 Å². The van der Waals surface area contributed by atoms with Crippen LogP contribution in [0.2, 0.25) is 5.02 Å². The lowest BCUT2D eigenvalue weighted by molar-refractivity contribution is -0.123. The third-order valence-corrected chi connectivity index (χ3v) is 5.60. The van der Waals surface area contributed by atoms with Crippen molar-refractivity contribution in [2.75, 3.05) is 13.2 Å². The molecule has 0 saturated carbocycles. The molecule has 2 aromatic heterocycles. The van der Waals surface area contributed by atoms with E-state index in [2.05, 4.69) is 27.8 Å². The van der Waals surface area contributed by atoms with Crippen LogP contribution in [0.1, 0.15) is 9.88 Å². The van der Waals surface area contributed by atoms with Crippen molar-refractivity contribution < 1.29 is 9.53 Å². The number of ether oxygens (including phenoxy) is 1. The van der Waals surface area contributed by atoms with Crippen molar-refractivity contribution >= 4 is 40.2 Å². The lowest BCUT2D eigenvalue weighted by atomic mass is 10.3. The molecule has 0 unspecified atom stereocenters. The number of thiophene rings is 1. The molecule has 3 aromatic rings. The Labute approximate surface area is 159 Å². The molecule has 3 rings (SSSR count). The average molecular weight is 393 g/mol. The zero-order valence-corrected chi connectivity index (χ0v) is 16.0. The number of rotatable bonds is 7. The first kappa shape index (κ1) is 17.9. The third-order valence-electron chi connectivity index (χ3n) is 3.41. The molecule has 2 heterocycles. The zero-order valence-electron chi connectivity index (χ0n) is 13.6. The highest BCUT2D eigenvalue weighted by Crippen LogP contribution is 2.29. The number of aryl methyl sites for hydroxylation is 1. The average Bonchev–Trinajstić information content (AvgIpc) is 3.23. The summed E-state index contributed by atoms with van der Waals surface area (Å²) in [6.07, 6.45) is 0.792. The van der Waals surface area contributed by atoms with Crippen LogP contribution in [0.5, 0.6) is 5.75 Å². The summed E-state index contributed by atoms with van der Waals surface area (Å²) in [7, 11) is 0. The highest BCUT2D eigenvalue weighted by molar-refractivity contribution is 7.16. The van der Waals surface area contributed by atoms with E-state index in [1.54, 1.807) is 46.9 Å². The first-order chi connectivity index (χ1) is 12.1. The number of nitrogens with one attached hydrogen (secondary N) is 1. The van der Waals surface area contributed by atoms with Crippen molar-refractivity contribution in [3.8, 4) is 16.3 Å². The summed E-state index contributed by atoms with van der Waals surface area (Å²) in [5, 5.41) is 6.65. The molecule has 1 amide bonds. The Hall–Kier alpha value is -1.89. The van der Waals surface area contributed by atoms with Gasteiger partial charge in [-0.2, -0.15) is 0 Å². The molecule has 0 aliphatic carbocycles. The van der Waals surface area contributed by atoms with Crippen molar-refractivity contribution in [3.63, 3.8) is 0 Å². The van der Waals surface area contributed by atoms with E-state index in [1.807, 2.05) is 6.92 Å². The molecule has 0 spiro atoms. The number of nitrogens with zero attached hydrogens (tertiary/aromatic N) is 1. The Kier molecular flexibility index (Phi) is 6.07. The van der Waals surface area contributed by atoms with E-state index in [9.17, 15) is 4.79 Å². The molecule has 0 bridgehead atoms. The van der Waals surface area contributed by atoms with E-state index in [1.165, 1.54) is 4.88 Å². The Morgan fingerprint density at radius 3 is 2.76 bits per heavy atom. The maximum atomic E-state index is 11.8. The number of halogens is 1. The molecule has 0 aliphatic heterocycles. The van der Waals surface area contributed by atoms with Crippen LogP contribution >= 0.6 is 34.3 Å². The monoisotopic (exact) mass is 392 g/mol. The summed E-state index contributed by atoms with van der Waals surface area (Å²) < 4.78 is 5.41. The van der Waals surface area contributed by atoms with Crippen LogP contribution in [0.25, 0.3) is 10.6 Å². The molecule has 4 nitrogen and oxygen atoms in total. The minimum atomic E-state index is -0.137. The van der Waals surface area contributed by atoms with Crippen LogP contribution < -0.4 is 10.1 Å². The molecule has 25 heavy (non-hydrogen) atoms. The first-order valence-corrected chi connectivity index (χ1v) is 9.84. The third kappa shape index (κ3) is 5.29. The van der Waals surface area contributed by atoms with E-state index in [4.69, 9.17) is 16.3 Å². The number of benzene rings is 1. The van der Waals surface area contributed by atoms with Gasteiger partial charge in [0, 0.05) is 21.8 Å². The van der Waals surface area contributed by atoms with Crippen LogP contribution in [-0.2, 0) is 11.2 Å². The fourth-order valence-electron chi connectivity index (χ4n) is 2.18. The van der Waals surface area contributed by atoms with E-state index >= 15 is 0 Å². The van der Waals surface area contributed by atoms with Gasteiger partial charge >= 0.3 is 0 Å². The molecule has 0 fully saturated rings. The van der Waals surface area contributed by atoms with Gasteiger partial charge in [-0.05, 0) is 49.7 Å². The Morgan fingerprint density at radius 1 is 1.24 bits per heavy atom. The smallest absolute Gasteiger partial charge is 0.257 e. The Bertz CT molecular complexity index is 843. The number of aromatic nitrogens is 1. The largest absolute Gasteiger partial charge is 0.484 e. The summed E-state index contributed by atoms with van der Waals surface area (Å²) in [6.45, 7) is 2.58. The lowest BCUT2D eigenvalue weighted by Gasteiger charge is -2.07. The van der Waals surface area contributed by atoms with Crippen LogP contribution in [0.15, 0.2) is 41.8 Å². The molecule has 130 valence electrons. The van der Waals surface area contributed by atoms with Gasteiger partial charge in [-0.25, -0.2) is 4.98 Å². The molecule has 1 aromatic carbocycles. The molecular weight excluding hydrogens is 376 g/mol. The van der Waals surface area contributed by atoms with Crippen molar-refractivity contribution in [2.45, 2.75) is 13.3 Å². The van der Waals surface area contributed by atoms with Gasteiger partial charge in [-0.1, -0.05) is 11.6 Å². The van der Waals surface area contributed by atoms with Crippen LogP contribution in [0.3, 0.4) is 0 Å². The number of hydrogen-bond donors (Lipinski definition) is 1. The maximum absolute atomic E-state index is 11.8. The minimum Gasteiger partial charge on any atom is -0.484 e. The predicted molar refractivity (Wildman–Crippen MR) is 104 cm³/mol. The second-order valence-electron chi connectivity index (χ2n) is 5.36. The van der Waals surface area contributed by atoms with Crippen molar-refractivity contribution in [1.82, 2.24) is 10.3 Å². The maximum Gasteiger partial charge on any atom is 0.257 e. The second kappa shape index (κ2) is 8.47. The number of carbonyl (C=O) groups excluding carboxylic acids is 1. The topological polar surface area (TPSA) is 51.2 Å². The Balaban J connectivity index is 1.41. The van der Waals surface area contributed by atoms with Crippen LogP contribution in [0.4, 0.5) is 0 Å². The lowest BCUT2D eigenvalue weighted by Crippen LogP contribution is -2.30. The van der Waals surface area contributed by atoms with Crippen molar-refractivity contribution in [1.29, 1.82) is 0 Å². The van der Waals surface area contributed by atoms with Gasteiger partial charge in [-0.3, -0.25) is 4.79 Å². The van der Waals surface area contributed by atoms with E-state index in [0.717, 1.165) is 22.0 Å². The van der Waals surface area contributed by atoms with E-state index < -0.39 is 0 Å². The van der Waals surface area contributed by atoms with Gasteiger partial charge in [0.2, 0.25) is 0 Å². The Morgan fingerprint density at radius 2 is 2.04 bits per heavy atom. The van der Waals surface area contributed by atoms with Crippen LogP contribution in [-0.4, -0.2) is 24.0 Å². The molecule has 0 radical (unpaired) electrons. The SMILES string of the molecule is Cc1nc(-c2ccc(CCNC(=O)COc3ccc(Cl)cc3)s2)cs1. The summed E-state index contributed by atoms with van der Waals surface area (Å²) >= 11 is 9.17. The number of carbonyl (C=O) groups is 1. The summed E-state index contributed by atoms with van der Waals surface area (Å²) in [5.74, 6) is 0.489. The summed E-state index contributed by atoms with van der Waals surface area (Å²) in [5.41, 5.74) is 1.03. The van der Waals surface area contributed by atoms with Crippen molar-refractivity contribution in [2.24, 2.45) is 0 Å². The van der Waals surface area contributed by atoms with Gasteiger partial charge in [0.15, 0.2) is 6.61 Å². The zero-order chi connectivity index (χ0) is 17.6.